The van der Waals surface area contributed by atoms with Gasteiger partial charge >= 0.3 is 6.18 Å². The molecule has 0 saturated heterocycles. The number of ether oxygens (including phenoxy) is 1. The number of carbonyl (C=O) groups excluding carboxylic acids is 1. The Balaban J connectivity index is 1.64. The summed E-state index contributed by atoms with van der Waals surface area (Å²) in [7, 11) is -4.15. The third kappa shape index (κ3) is 7.46. The summed E-state index contributed by atoms with van der Waals surface area (Å²) in [6, 6.07) is 12.1. The molecule has 1 aliphatic rings. The molecule has 3 aromatic rings. The molecule has 0 aliphatic heterocycles. The Kier molecular flexibility index (Phi) is 9.69. The van der Waals surface area contributed by atoms with E-state index in [0.29, 0.717) is 18.1 Å². The lowest BCUT2D eigenvalue weighted by Gasteiger charge is -2.39. The quantitative estimate of drug-likeness (QED) is 0.208. The molecule has 14 heteroatoms. The third-order valence-electron chi connectivity index (χ3n) is 7.75. The molecular weight excluding hydrogens is 603 g/mol. The van der Waals surface area contributed by atoms with Gasteiger partial charge in [-0.2, -0.15) is 13.2 Å². The van der Waals surface area contributed by atoms with Crippen LogP contribution in [0, 0.1) is 5.41 Å². The highest BCUT2D eigenvalue weighted by Gasteiger charge is 2.62. The standard InChI is InChI=1S/C29H36F3N5O4S2/c1-5-27(3,4)36(20-42-6-2)25-22(26(38)35-43(39,40)21-10-8-7-9-11-21)12-13-23(33-25)37-18-14-24(34-37)41-19-17-28(15-16-28)29(30,31)32/h7-14,18H,5-6,15-17,19-20H2,1-4H3,(H,35,38). The fourth-order valence-electron chi connectivity index (χ4n) is 4.37. The fraction of sp³-hybridized carbons (Fsp3) is 0.483. The summed E-state index contributed by atoms with van der Waals surface area (Å²) >= 11 is 1.62. The number of amides is 1. The lowest BCUT2D eigenvalue weighted by Crippen LogP contribution is -2.45. The zero-order valence-corrected chi connectivity index (χ0v) is 26.2. The summed E-state index contributed by atoms with van der Waals surface area (Å²) in [5.74, 6) is 1.18. The highest BCUT2D eigenvalue weighted by atomic mass is 32.2. The predicted molar refractivity (Wildman–Crippen MR) is 160 cm³/mol. The Morgan fingerprint density at radius 1 is 1.12 bits per heavy atom. The first-order valence-electron chi connectivity index (χ1n) is 14.0. The van der Waals surface area contributed by atoms with E-state index in [-0.39, 0.29) is 48.0 Å². The van der Waals surface area contributed by atoms with Gasteiger partial charge in [-0.25, -0.2) is 22.8 Å². The first-order chi connectivity index (χ1) is 20.2. The third-order valence-corrected chi connectivity index (χ3v) is 9.94. The first kappa shape index (κ1) is 32.6. The zero-order chi connectivity index (χ0) is 31.5. The van der Waals surface area contributed by atoms with Gasteiger partial charge in [0.2, 0.25) is 5.88 Å². The van der Waals surface area contributed by atoms with Gasteiger partial charge in [0.25, 0.3) is 15.9 Å². The second-order valence-corrected chi connectivity index (χ2v) is 13.9. The average Bonchev–Trinajstić information content (AvgIpc) is 3.63. The van der Waals surface area contributed by atoms with Gasteiger partial charge in [-0.15, -0.1) is 16.9 Å². The van der Waals surface area contributed by atoms with E-state index >= 15 is 0 Å². The molecule has 1 amide bonds. The number of benzene rings is 1. The van der Waals surface area contributed by atoms with Crippen LogP contribution in [0.1, 0.15) is 63.7 Å². The van der Waals surface area contributed by atoms with Gasteiger partial charge in [0.1, 0.15) is 5.82 Å². The van der Waals surface area contributed by atoms with Crippen LogP contribution in [0.5, 0.6) is 5.88 Å². The largest absolute Gasteiger partial charge is 0.477 e. The summed E-state index contributed by atoms with van der Waals surface area (Å²) in [4.78, 5) is 20.2. The van der Waals surface area contributed by atoms with Gasteiger partial charge in [0, 0.05) is 17.8 Å². The van der Waals surface area contributed by atoms with Crippen LogP contribution in [0.25, 0.3) is 5.82 Å². The number of thioether (sulfide) groups is 1. The molecule has 0 radical (unpaired) electrons. The Morgan fingerprint density at radius 3 is 2.42 bits per heavy atom. The van der Waals surface area contributed by atoms with Gasteiger partial charge in [0.05, 0.1) is 28.4 Å². The number of nitrogens with one attached hydrogen (secondary N) is 1. The Bertz CT molecular complexity index is 1520. The summed E-state index contributed by atoms with van der Waals surface area (Å²) in [6.45, 7) is 7.91. The maximum Gasteiger partial charge on any atom is 0.394 e. The fourth-order valence-corrected chi connectivity index (χ4v) is 6.19. The van der Waals surface area contributed by atoms with Crippen molar-refractivity contribution in [3.05, 3.63) is 60.3 Å². The van der Waals surface area contributed by atoms with E-state index in [2.05, 4.69) is 9.82 Å². The SMILES string of the molecule is CCSCN(c1nc(-n2ccc(OCCC3(C(F)(F)F)CC3)n2)ccc1C(=O)NS(=O)(=O)c1ccccc1)C(C)(C)CC. The first-order valence-corrected chi connectivity index (χ1v) is 16.6. The molecule has 1 fully saturated rings. The van der Waals surface area contributed by atoms with Gasteiger partial charge in [-0.05, 0) is 69.5 Å². The molecule has 1 aliphatic carbocycles. The smallest absolute Gasteiger partial charge is 0.394 e. The Hall–Kier alpha value is -3.26. The molecule has 0 spiro atoms. The van der Waals surface area contributed by atoms with Crippen molar-refractivity contribution in [3.63, 3.8) is 0 Å². The van der Waals surface area contributed by atoms with Crippen LogP contribution in [-0.4, -0.2) is 59.0 Å². The predicted octanol–water partition coefficient (Wildman–Crippen LogP) is 6.20. The van der Waals surface area contributed by atoms with Crippen molar-refractivity contribution in [2.24, 2.45) is 5.41 Å². The van der Waals surface area contributed by atoms with Crippen LogP contribution in [0.3, 0.4) is 0 Å². The lowest BCUT2D eigenvalue weighted by molar-refractivity contribution is -0.190. The van der Waals surface area contributed by atoms with E-state index in [1.165, 1.54) is 35.0 Å². The second-order valence-electron chi connectivity index (χ2n) is 11.0. The molecule has 43 heavy (non-hydrogen) atoms. The van der Waals surface area contributed by atoms with Crippen molar-refractivity contribution in [2.45, 2.75) is 70.0 Å². The van der Waals surface area contributed by atoms with Crippen LogP contribution in [0.4, 0.5) is 19.0 Å². The number of nitrogens with zero attached hydrogens (tertiary/aromatic N) is 4. The van der Waals surface area contributed by atoms with Gasteiger partial charge < -0.3 is 9.64 Å². The van der Waals surface area contributed by atoms with Crippen molar-refractivity contribution in [1.29, 1.82) is 0 Å². The number of halogens is 3. The van der Waals surface area contributed by atoms with Crippen molar-refractivity contribution in [2.75, 3.05) is 23.1 Å². The number of aromatic nitrogens is 3. The number of pyridine rings is 1. The normalized spacial score (nSPS) is 14.8. The second kappa shape index (κ2) is 12.8. The minimum Gasteiger partial charge on any atom is -0.477 e. The molecular formula is C29H36F3N5O4S2. The highest BCUT2D eigenvalue weighted by Crippen LogP contribution is 2.59. The van der Waals surface area contributed by atoms with E-state index in [0.717, 1.165) is 5.75 Å². The van der Waals surface area contributed by atoms with E-state index in [4.69, 9.17) is 9.72 Å². The van der Waals surface area contributed by atoms with Crippen molar-refractivity contribution in [3.8, 4) is 11.7 Å². The summed E-state index contributed by atoms with van der Waals surface area (Å²) < 4.78 is 74.8. The highest BCUT2D eigenvalue weighted by molar-refractivity contribution is 7.99. The number of hydrogen-bond donors (Lipinski definition) is 1. The lowest BCUT2D eigenvalue weighted by atomic mass is 9.99. The molecule has 9 nitrogen and oxygen atoms in total. The van der Waals surface area contributed by atoms with Crippen molar-refractivity contribution in [1.82, 2.24) is 19.5 Å². The maximum absolute atomic E-state index is 13.5. The van der Waals surface area contributed by atoms with E-state index in [1.54, 1.807) is 36.2 Å². The van der Waals surface area contributed by atoms with E-state index in [9.17, 15) is 26.4 Å². The van der Waals surface area contributed by atoms with Gasteiger partial charge in [0.15, 0.2) is 5.82 Å². The maximum atomic E-state index is 13.5. The Labute approximate surface area is 254 Å². The minimum atomic E-state index is -4.25. The van der Waals surface area contributed by atoms with Crippen LogP contribution in [-0.2, 0) is 10.0 Å². The van der Waals surface area contributed by atoms with Crippen LogP contribution in [0.15, 0.2) is 59.6 Å². The average molecular weight is 640 g/mol. The molecule has 1 aromatic carbocycles. The molecule has 0 atom stereocenters. The Morgan fingerprint density at radius 2 is 1.81 bits per heavy atom. The number of sulfonamides is 1. The van der Waals surface area contributed by atoms with Gasteiger partial charge in [-0.3, -0.25) is 4.79 Å². The molecule has 1 saturated carbocycles. The topological polar surface area (TPSA) is 106 Å². The summed E-state index contributed by atoms with van der Waals surface area (Å²) in [6.07, 6.45) is -1.92. The number of carbonyl (C=O) groups is 1. The number of hydrogen-bond acceptors (Lipinski definition) is 8. The van der Waals surface area contributed by atoms with Crippen LogP contribution in [0.2, 0.25) is 0 Å². The molecule has 2 heterocycles. The zero-order valence-electron chi connectivity index (χ0n) is 24.5. The number of anilines is 1. The summed E-state index contributed by atoms with van der Waals surface area (Å²) in [5, 5.41) is 4.33. The monoisotopic (exact) mass is 639 g/mol. The minimum absolute atomic E-state index is 0.0475. The number of rotatable bonds is 14. The van der Waals surface area contributed by atoms with Gasteiger partial charge in [-0.1, -0.05) is 32.0 Å². The molecule has 0 unspecified atom stereocenters. The molecule has 0 bridgehead atoms. The molecule has 1 N–H and O–H groups in total. The number of alkyl halides is 3. The summed E-state index contributed by atoms with van der Waals surface area (Å²) in [5.41, 5.74) is -2.06. The van der Waals surface area contributed by atoms with Crippen molar-refractivity contribution >= 4 is 33.5 Å². The van der Waals surface area contributed by atoms with E-state index < -0.39 is 33.1 Å². The van der Waals surface area contributed by atoms with Crippen LogP contribution < -0.4 is 14.4 Å². The van der Waals surface area contributed by atoms with E-state index in [1.807, 2.05) is 32.6 Å². The van der Waals surface area contributed by atoms with Crippen LogP contribution >= 0.6 is 11.8 Å². The molecule has 234 valence electrons. The molecule has 2 aromatic heterocycles. The van der Waals surface area contributed by atoms with Crippen molar-refractivity contribution < 1.29 is 31.1 Å². The molecule has 4 rings (SSSR count).